The molecule has 2 heterocycles. The second-order valence-corrected chi connectivity index (χ2v) is 7.44. The van der Waals surface area contributed by atoms with Crippen LogP contribution in [0.4, 0.5) is 6.01 Å². The number of carbonyl (C=O) groups is 1. The smallest absolute Gasteiger partial charge is 0.298 e. The van der Waals surface area contributed by atoms with Gasteiger partial charge in [0.15, 0.2) is 5.58 Å². The Morgan fingerprint density at radius 1 is 1.22 bits per heavy atom. The Hall–Kier alpha value is -2.82. The van der Waals surface area contributed by atoms with Crippen LogP contribution in [0.15, 0.2) is 40.8 Å². The van der Waals surface area contributed by atoms with E-state index in [4.69, 9.17) is 4.42 Å². The summed E-state index contributed by atoms with van der Waals surface area (Å²) in [5, 5.41) is 3.13. The first-order valence-corrected chi connectivity index (χ1v) is 9.51. The fourth-order valence-electron chi connectivity index (χ4n) is 4.12. The average Bonchev–Trinajstić information content (AvgIpc) is 3.25. The summed E-state index contributed by atoms with van der Waals surface area (Å²) in [6.45, 7) is 7.53. The van der Waals surface area contributed by atoms with Crippen molar-refractivity contribution in [1.82, 2.24) is 10.3 Å². The summed E-state index contributed by atoms with van der Waals surface area (Å²) in [6, 6.07) is 12.8. The van der Waals surface area contributed by atoms with Crippen molar-refractivity contribution >= 4 is 23.0 Å². The standard InChI is InChI=1S/C22H25N3O2/c1-14-11-15(2)20(16(3)12-14)21(26)23-13-17-7-6-10-25(17)22-24-18-8-4-5-9-19(18)27-22/h4-5,8-9,11-12,17H,6-7,10,13H2,1-3H3,(H,23,26). The Morgan fingerprint density at radius 3 is 2.70 bits per heavy atom. The first-order chi connectivity index (χ1) is 13.0. The Bertz CT molecular complexity index is 936. The highest BCUT2D eigenvalue weighted by molar-refractivity contribution is 5.97. The van der Waals surface area contributed by atoms with Gasteiger partial charge in [-0.15, -0.1) is 0 Å². The van der Waals surface area contributed by atoms with Crippen molar-refractivity contribution in [3.05, 3.63) is 58.7 Å². The van der Waals surface area contributed by atoms with Gasteiger partial charge in [0.05, 0.1) is 6.04 Å². The van der Waals surface area contributed by atoms with E-state index in [1.807, 2.05) is 38.1 Å². The number of para-hydroxylation sites is 2. The molecule has 5 nitrogen and oxygen atoms in total. The third-order valence-electron chi connectivity index (χ3n) is 5.31. The van der Waals surface area contributed by atoms with E-state index in [0.29, 0.717) is 12.6 Å². The molecule has 1 amide bonds. The van der Waals surface area contributed by atoms with Gasteiger partial charge >= 0.3 is 0 Å². The Labute approximate surface area is 159 Å². The molecule has 1 N–H and O–H groups in total. The number of rotatable bonds is 4. The minimum Gasteiger partial charge on any atom is -0.423 e. The number of nitrogens with one attached hydrogen (secondary N) is 1. The van der Waals surface area contributed by atoms with E-state index in [0.717, 1.165) is 47.2 Å². The Kier molecular flexibility index (Phi) is 4.60. The van der Waals surface area contributed by atoms with Crippen LogP contribution < -0.4 is 10.2 Å². The molecule has 140 valence electrons. The zero-order chi connectivity index (χ0) is 19.0. The van der Waals surface area contributed by atoms with E-state index >= 15 is 0 Å². The van der Waals surface area contributed by atoms with Crippen molar-refractivity contribution in [2.24, 2.45) is 0 Å². The second kappa shape index (κ2) is 7.06. The van der Waals surface area contributed by atoms with Crippen molar-refractivity contribution in [2.75, 3.05) is 18.0 Å². The highest BCUT2D eigenvalue weighted by atomic mass is 16.4. The summed E-state index contributed by atoms with van der Waals surface area (Å²) in [5.74, 6) is -0.00517. The highest BCUT2D eigenvalue weighted by Crippen LogP contribution is 2.28. The van der Waals surface area contributed by atoms with Gasteiger partial charge in [-0.25, -0.2) is 0 Å². The predicted octanol–water partition coefficient (Wildman–Crippen LogP) is 4.15. The van der Waals surface area contributed by atoms with E-state index in [1.54, 1.807) is 0 Å². The minimum atomic E-state index is -0.00517. The van der Waals surface area contributed by atoms with E-state index < -0.39 is 0 Å². The fraction of sp³-hybridized carbons (Fsp3) is 0.364. The normalized spacial score (nSPS) is 16.9. The summed E-state index contributed by atoms with van der Waals surface area (Å²) < 4.78 is 5.93. The molecule has 0 bridgehead atoms. The number of aromatic nitrogens is 1. The van der Waals surface area contributed by atoms with Crippen LogP contribution in [0, 0.1) is 20.8 Å². The molecule has 1 aliphatic heterocycles. The molecule has 4 rings (SSSR count). The first kappa shape index (κ1) is 17.6. The van der Waals surface area contributed by atoms with Crippen molar-refractivity contribution in [3.8, 4) is 0 Å². The van der Waals surface area contributed by atoms with Gasteiger partial charge < -0.3 is 14.6 Å². The molecular weight excluding hydrogens is 338 g/mol. The van der Waals surface area contributed by atoms with Gasteiger partial charge in [-0.1, -0.05) is 29.8 Å². The molecule has 1 atom stereocenters. The molecule has 2 aromatic carbocycles. The Balaban J connectivity index is 1.48. The summed E-state index contributed by atoms with van der Waals surface area (Å²) >= 11 is 0. The van der Waals surface area contributed by atoms with Crippen molar-refractivity contribution < 1.29 is 9.21 Å². The monoisotopic (exact) mass is 363 g/mol. The minimum absolute atomic E-state index is 0.00517. The molecule has 0 aliphatic carbocycles. The highest BCUT2D eigenvalue weighted by Gasteiger charge is 2.29. The maximum absolute atomic E-state index is 12.8. The van der Waals surface area contributed by atoms with Crippen molar-refractivity contribution in [2.45, 2.75) is 39.7 Å². The molecule has 3 aromatic rings. The number of oxazole rings is 1. The molecule has 1 saturated heterocycles. The van der Waals surface area contributed by atoms with Crippen LogP contribution in [0.3, 0.4) is 0 Å². The number of hydrogen-bond donors (Lipinski definition) is 1. The number of hydrogen-bond acceptors (Lipinski definition) is 4. The lowest BCUT2D eigenvalue weighted by Gasteiger charge is -2.23. The van der Waals surface area contributed by atoms with Crippen molar-refractivity contribution in [1.29, 1.82) is 0 Å². The zero-order valence-corrected chi connectivity index (χ0v) is 16.1. The molecule has 1 aromatic heterocycles. The first-order valence-electron chi connectivity index (χ1n) is 9.51. The van der Waals surface area contributed by atoms with E-state index in [-0.39, 0.29) is 11.9 Å². The predicted molar refractivity (Wildman–Crippen MR) is 107 cm³/mol. The van der Waals surface area contributed by atoms with Gasteiger partial charge in [0.25, 0.3) is 11.9 Å². The summed E-state index contributed by atoms with van der Waals surface area (Å²) in [4.78, 5) is 19.6. The van der Waals surface area contributed by atoms with Gasteiger partial charge in [-0.3, -0.25) is 4.79 Å². The number of anilines is 1. The van der Waals surface area contributed by atoms with Gasteiger partial charge in [0.1, 0.15) is 5.52 Å². The molecule has 1 unspecified atom stereocenters. The van der Waals surface area contributed by atoms with Crippen LogP contribution >= 0.6 is 0 Å². The van der Waals surface area contributed by atoms with Gasteiger partial charge in [0, 0.05) is 18.7 Å². The molecule has 1 fully saturated rings. The van der Waals surface area contributed by atoms with Crippen LogP contribution in [-0.2, 0) is 0 Å². The summed E-state index contributed by atoms with van der Waals surface area (Å²) in [7, 11) is 0. The fourth-order valence-corrected chi connectivity index (χ4v) is 4.12. The Morgan fingerprint density at radius 2 is 1.96 bits per heavy atom. The lowest BCUT2D eigenvalue weighted by atomic mass is 9.99. The molecule has 0 spiro atoms. The maximum atomic E-state index is 12.8. The zero-order valence-electron chi connectivity index (χ0n) is 16.1. The lowest BCUT2D eigenvalue weighted by molar-refractivity contribution is 0.0950. The van der Waals surface area contributed by atoms with Gasteiger partial charge in [-0.05, 0) is 56.9 Å². The van der Waals surface area contributed by atoms with Gasteiger partial charge in [0.2, 0.25) is 0 Å². The maximum Gasteiger partial charge on any atom is 0.298 e. The largest absolute Gasteiger partial charge is 0.423 e. The van der Waals surface area contributed by atoms with E-state index in [9.17, 15) is 4.79 Å². The summed E-state index contributed by atoms with van der Waals surface area (Å²) in [5.41, 5.74) is 5.67. The number of nitrogens with zero attached hydrogens (tertiary/aromatic N) is 2. The van der Waals surface area contributed by atoms with Crippen LogP contribution in [0.2, 0.25) is 0 Å². The molecule has 0 radical (unpaired) electrons. The SMILES string of the molecule is Cc1cc(C)c(C(=O)NCC2CCCN2c2nc3ccccc3o2)c(C)c1. The quantitative estimate of drug-likeness (QED) is 0.756. The topological polar surface area (TPSA) is 58.4 Å². The van der Waals surface area contributed by atoms with Crippen LogP contribution in [0.25, 0.3) is 11.1 Å². The third kappa shape index (κ3) is 3.42. The molecule has 5 heteroatoms. The number of fused-ring (bicyclic) bond motifs is 1. The molecular formula is C22H25N3O2. The van der Waals surface area contributed by atoms with Gasteiger partial charge in [-0.2, -0.15) is 4.98 Å². The lowest BCUT2D eigenvalue weighted by Crippen LogP contribution is -2.40. The number of carbonyl (C=O) groups excluding carboxylic acids is 1. The molecule has 1 aliphatic rings. The number of aryl methyl sites for hydroxylation is 3. The average molecular weight is 363 g/mol. The van der Waals surface area contributed by atoms with Crippen LogP contribution in [-0.4, -0.2) is 30.0 Å². The van der Waals surface area contributed by atoms with Crippen LogP contribution in [0.5, 0.6) is 0 Å². The summed E-state index contributed by atoms with van der Waals surface area (Å²) in [6.07, 6.45) is 2.09. The molecule has 27 heavy (non-hydrogen) atoms. The molecule has 0 saturated carbocycles. The second-order valence-electron chi connectivity index (χ2n) is 7.44. The third-order valence-corrected chi connectivity index (χ3v) is 5.31. The van der Waals surface area contributed by atoms with E-state index in [1.165, 1.54) is 5.56 Å². The van der Waals surface area contributed by atoms with E-state index in [2.05, 4.69) is 34.3 Å². The number of benzene rings is 2. The van der Waals surface area contributed by atoms with Crippen molar-refractivity contribution in [3.63, 3.8) is 0 Å². The number of amides is 1. The van der Waals surface area contributed by atoms with Crippen LogP contribution in [0.1, 0.15) is 39.9 Å².